The number of carboxylic acid groups (broad SMARTS) is 1. The molecule has 3 aromatic carbocycles. The lowest BCUT2D eigenvalue weighted by molar-refractivity contribution is 0.0696. The van der Waals surface area contributed by atoms with Crippen LogP contribution in [0.5, 0.6) is 0 Å². The number of halogens is 1. The molecule has 1 atom stereocenters. The SMILES string of the molecule is O=C(O)c1ccc(CCN2CCC(c3c(C(=O)N4CCC(c5ccccc5)C4)cnn3-c3ccc(F)cc3)CC2)cc1. The molecule has 2 fully saturated rings. The summed E-state index contributed by atoms with van der Waals surface area (Å²) in [5, 5.41) is 13.8. The van der Waals surface area contributed by atoms with Crippen LogP contribution in [0.3, 0.4) is 0 Å². The molecule has 6 rings (SSSR count). The van der Waals surface area contributed by atoms with Crippen molar-refractivity contribution >= 4 is 11.9 Å². The molecule has 2 aliphatic rings. The van der Waals surface area contributed by atoms with E-state index in [0.29, 0.717) is 30.1 Å². The van der Waals surface area contributed by atoms with Gasteiger partial charge in [0.25, 0.3) is 5.91 Å². The summed E-state index contributed by atoms with van der Waals surface area (Å²) in [5.74, 6) is -0.728. The van der Waals surface area contributed by atoms with Gasteiger partial charge >= 0.3 is 5.97 Å². The molecule has 216 valence electrons. The Morgan fingerprint density at radius 1 is 0.857 bits per heavy atom. The molecular formula is C34H35FN4O3. The Balaban J connectivity index is 1.17. The zero-order valence-electron chi connectivity index (χ0n) is 23.5. The Labute approximate surface area is 245 Å². The first-order chi connectivity index (χ1) is 20.5. The molecule has 2 saturated heterocycles. The molecule has 7 nitrogen and oxygen atoms in total. The van der Waals surface area contributed by atoms with Crippen LogP contribution in [0, 0.1) is 5.82 Å². The number of carbonyl (C=O) groups is 2. The van der Waals surface area contributed by atoms with E-state index in [-0.39, 0.29) is 17.6 Å². The van der Waals surface area contributed by atoms with Crippen LogP contribution in [0.25, 0.3) is 5.69 Å². The number of amides is 1. The number of aromatic carboxylic acids is 1. The Hall–Kier alpha value is -4.30. The summed E-state index contributed by atoms with van der Waals surface area (Å²) >= 11 is 0. The van der Waals surface area contributed by atoms with E-state index in [1.54, 1.807) is 30.5 Å². The van der Waals surface area contributed by atoms with Gasteiger partial charge in [0.05, 0.1) is 28.7 Å². The average molecular weight is 567 g/mol. The molecule has 0 spiro atoms. The second-order valence-electron chi connectivity index (χ2n) is 11.3. The van der Waals surface area contributed by atoms with Gasteiger partial charge in [0.2, 0.25) is 0 Å². The van der Waals surface area contributed by atoms with E-state index in [9.17, 15) is 14.0 Å². The molecule has 3 heterocycles. The van der Waals surface area contributed by atoms with Crippen molar-refractivity contribution in [2.45, 2.75) is 37.5 Å². The van der Waals surface area contributed by atoms with E-state index >= 15 is 0 Å². The highest BCUT2D eigenvalue weighted by Gasteiger charge is 2.34. The lowest BCUT2D eigenvalue weighted by atomic mass is 9.90. The van der Waals surface area contributed by atoms with Crippen molar-refractivity contribution in [1.82, 2.24) is 19.6 Å². The highest BCUT2D eigenvalue weighted by Crippen LogP contribution is 2.35. The summed E-state index contributed by atoms with van der Waals surface area (Å²) in [6.07, 6.45) is 5.26. The van der Waals surface area contributed by atoms with Crippen LogP contribution in [0.15, 0.2) is 85.1 Å². The first-order valence-corrected chi connectivity index (χ1v) is 14.7. The summed E-state index contributed by atoms with van der Waals surface area (Å²) < 4.78 is 15.6. The van der Waals surface area contributed by atoms with E-state index in [0.717, 1.165) is 62.3 Å². The fourth-order valence-corrected chi connectivity index (χ4v) is 6.35. The monoisotopic (exact) mass is 566 g/mol. The van der Waals surface area contributed by atoms with Crippen molar-refractivity contribution < 1.29 is 19.1 Å². The van der Waals surface area contributed by atoms with Crippen molar-refractivity contribution in [3.63, 3.8) is 0 Å². The highest BCUT2D eigenvalue weighted by molar-refractivity contribution is 5.95. The number of likely N-dealkylation sites (tertiary alicyclic amines) is 2. The zero-order valence-corrected chi connectivity index (χ0v) is 23.5. The average Bonchev–Trinajstić information content (AvgIpc) is 3.70. The number of hydrogen-bond donors (Lipinski definition) is 1. The number of benzene rings is 3. The summed E-state index contributed by atoms with van der Waals surface area (Å²) in [6, 6.07) is 23.7. The fraction of sp³-hybridized carbons (Fsp3) is 0.324. The van der Waals surface area contributed by atoms with Crippen LogP contribution in [0.2, 0.25) is 0 Å². The van der Waals surface area contributed by atoms with Crippen molar-refractivity contribution in [2.75, 3.05) is 32.7 Å². The molecule has 8 heteroatoms. The van der Waals surface area contributed by atoms with Crippen LogP contribution in [0.1, 0.15) is 68.6 Å². The summed E-state index contributed by atoms with van der Waals surface area (Å²) in [6.45, 7) is 4.07. The summed E-state index contributed by atoms with van der Waals surface area (Å²) in [5.41, 5.74) is 4.99. The molecule has 0 bridgehead atoms. The number of nitrogens with zero attached hydrogens (tertiary/aromatic N) is 4. The van der Waals surface area contributed by atoms with Crippen molar-refractivity contribution in [3.05, 3.63) is 119 Å². The summed E-state index contributed by atoms with van der Waals surface area (Å²) in [7, 11) is 0. The molecule has 4 aromatic rings. The Morgan fingerprint density at radius 2 is 1.55 bits per heavy atom. The molecule has 0 radical (unpaired) electrons. The number of aromatic nitrogens is 2. The van der Waals surface area contributed by atoms with Crippen LogP contribution < -0.4 is 0 Å². The van der Waals surface area contributed by atoms with Crippen LogP contribution in [0.4, 0.5) is 4.39 Å². The molecule has 0 aliphatic carbocycles. The molecule has 42 heavy (non-hydrogen) atoms. The molecule has 0 saturated carbocycles. The fourth-order valence-electron chi connectivity index (χ4n) is 6.35. The molecule has 2 aliphatic heterocycles. The molecule has 1 aromatic heterocycles. The number of carbonyl (C=O) groups excluding carboxylic acids is 1. The number of piperidine rings is 1. The van der Waals surface area contributed by atoms with Gasteiger partial charge in [0, 0.05) is 31.5 Å². The third-order valence-corrected chi connectivity index (χ3v) is 8.75. The van der Waals surface area contributed by atoms with Crippen LogP contribution in [-0.4, -0.2) is 69.3 Å². The van der Waals surface area contributed by atoms with E-state index < -0.39 is 5.97 Å². The molecule has 1 N–H and O–H groups in total. The second-order valence-corrected chi connectivity index (χ2v) is 11.3. The lowest BCUT2D eigenvalue weighted by Gasteiger charge is -2.33. The maximum atomic E-state index is 13.9. The lowest BCUT2D eigenvalue weighted by Crippen LogP contribution is -2.36. The molecule has 1 amide bonds. The van der Waals surface area contributed by atoms with Gasteiger partial charge in [-0.3, -0.25) is 4.79 Å². The van der Waals surface area contributed by atoms with Gasteiger partial charge in [-0.05, 0) is 86.3 Å². The summed E-state index contributed by atoms with van der Waals surface area (Å²) in [4.78, 5) is 29.5. The minimum Gasteiger partial charge on any atom is -0.478 e. The second kappa shape index (κ2) is 12.3. The van der Waals surface area contributed by atoms with Crippen LogP contribution >= 0.6 is 0 Å². The zero-order chi connectivity index (χ0) is 29.1. The standard InChI is InChI=1S/C34H35FN4O3/c35-29-10-12-30(13-11-29)39-32(26-15-19-37(20-16-26)18-14-24-6-8-27(9-7-24)34(41)42)31(22-36-39)33(40)38-21-17-28(23-38)25-4-2-1-3-5-25/h1-13,22,26,28H,14-21,23H2,(H,41,42). The van der Waals surface area contributed by atoms with Crippen molar-refractivity contribution in [2.24, 2.45) is 0 Å². The minimum atomic E-state index is -0.915. The van der Waals surface area contributed by atoms with Gasteiger partial charge in [0.15, 0.2) is 0 Å². The Kier molecular flexibility index (Phi) is 8.15. The van der Waals surface area contributed by atoms with Gasteiger partial charge in [-0.25, -0.2) is 13.9 Å². The van der Waals surface area contributed by atoms with Crippen molar-refractivity contribution in [3.8, 4) is 5.69 Å². The number of hydrogen-bond acceptors (Lipinski definition) is 4. The van der Waals surface area contributed by atoms with E-state index in [1.165, 1.54) is 17.7 Å². The smallest absolute Gasteiger partial charge is 0.335 e. The normalized spacial score (nSPS) is 17.9. The first-order valence-electron chi connectivity index (χ1n) is 14.7. The predicted octanol–water partition coefficient (Wildman–Crippen LogP) is 5.76. The molecular weight excluding hydrogens is 531 g/mol. The number of rotatable bonds is 8. The third kappa shape index (κ3) is 5.99. The third-order valence-electron chi connectivity index (χ3n) is 8.75. The van der Waals surface area contributed by atoms with E-state index in [1.807, 2.05) is 39.9 Å². The highest BCUT2D eigenvalue weighted by atomic mass is 19.1. The largest absolute Gasteiger partial charge is 0.478 e. The van der Waals surface area contributed by atoms with Crippen LogP contribution in [-0.2, 0) is 6.42 Å². The maximum Gasteiger partial charge on any atom is 0.335 e. The van der Waals surface area contributed by atoms with E-state index in [4.69, 9.17) is 5.11 Å². The predicted molar refractivity (Wildman–Crippen MR) is 159 cm³/mol. The number of carboxylic acids is 1. The van der Waals surface area contributed by atoms with Gasteiger partial charge in [-0.2, -0.15) is 5.10 Å². The van der Waals surface area contributed by atoms with Gasteiger partial charge in [-0.15, -0.1) is 0 Å². The minimum absolute atomic E-state index is 0.0176. The van der Waals surface area contributed by atoms with Crippen molar-refractivity contribution in [1.29, 1.82) is 0 Å². The van der Waals surface area contributed by atoms with Gasteiger partial charge in [-0.1, -0.05) is 42.5 Å². The van der Waals surface area contributed by atoms with E-state index in [2.05, 4.69) is 22.1 Å². The quantitative estimate of drug-likeness (QED) is 0.293. The first kappa shape index (κ1) is 27.8. The Bertz CT molecular complexity index is 1530. The van der Waals surface area contributed by atoms with Gasteiger partial charge in [0.1, 0.15) is 5.82 Å². The molecule has 1 unspecified atom stereocenters. The maximum absolute atomic E-state index is 13.9. The topological polar surface area (TPSA) is 78.7 Å². The van der Waals surface area contributed by atoms with Gasteiger partial charge < -0.3 is 14.9 Å². The Morgan fingerprint density at radius 3 is 2.24 bits per heavy atom.